The highest BCUT2D eigenvalue weighted by atomic mass is 35.5. The maximum atomic E-state index is 12.2. The van der Waals surface area contributed by atoms with Gasteiger partial charge in [-0.05, 0) is 25.8 Å². The van der Waals surface area contributed by atoms with Gasteiger partial charge in [0, 0.05) is 30.6 Å². The number of carbonyl (C=O) groups excluding carboxylic acids is 1. The van der Waals surface area contributed by atoms with Crippen molar-refractivity contribution in [3.8, 4) is 5.75 Å². The molecule has 0 saturated heterocycles. The van der Waals surface area contributed by atoms with Crippen LogP contribution in [0.15, 0.2) is 18.3 Å². The van der Waals surface area contributed by atoms with Gasteiger partial charge in [-0.15, -0.1) is 0 Å². The predicted octanol–water partition coefficient (Wildman–Crippen LogP) is 3.73. The van der Waals surface area contributed by atoms with Crippen LogP contribution in [0.25, 0.3) is 10.9 Å². The third-order valence-corrected chi connectivity index (χ3v) is 3.98. The minimum absolute atomic E-state index is 0.119. The number of rotatable bonds is 8. The largest absolute Gasteiger partial charge is 0.497 e. The highest BCUT2D eigenvalue weighted by Crippen LogP contribution is 2.33. The molecule has 1 N–H and O–H groups in total. The Morgan fingerprint density at radius 1 is 1.29 bits per heavy atom. The maximum absolute atomic E-state index is 12.2. The van der Waals surface area contributed by atoms with Crippen LogP contribution in [-0.2, 0) is 16.1 Å². The number of hydrogen-bond acceptors (Lipinski definition) is 4. The van der Waals surface area contributed by atoms with E-state index in [0.717, 1.165) is 5.52 Å². The number of carbonyl (C=O) groups is 2. The third-order valence-electron chi connectivity index (χ3n) is 3.68. The molecule has 0 aliphatic heterocycles. The van der Waals surface area contributed by atoms with Crippen molar-refractivity contribution >= 4 is 34.4 Å². The first-order chi connectivity index (χ1) is 11.5. The van der Waals surface area contributed by atoms with Crippen LogP contribution in [0, 0.1) is 0 Å². The second-order valence-electron chi connectivity index (χ2n) is 5.31. The summed E-state index contributed by atoms with van der Waals surface area (Å²) in [4.78, 5) is 22.8. The van der Waals surface area contributed by atoms with E-state index >= 15 is 0 Å². The van der Waals surface area contributed by atoms with Gasteiger partial charge in [0.2, 0.25) is 0 Å². The number of aryl methyl sites for hydroxylation is 1. The summed E-state index contributed by atoms with van der Waals surface area (Å²) in [5, 5.41) is 9.75. The molecule has 0 bridgehead atoms. The van der Waals surface area contributed by atoms with Crippen LogP contribution in [0.3, 0.4) is 0 Å². The maximum Gasteiger partial charge on any atom is 0.340 e. The van der Waals surface area contributed by atoms with Gasteiger partial charge in [-0.3, -0.25) is 4.79 Å². The van der Waals surface area contributed by atoms with Crippen LogP contribution < -0.4 is 4.74 Å². The first-order valence-electron chi connectivity index (χ1n) is 7.73. The Bertz CT molecular complexity index is 753. The number of methoxy groups -OCH3 is 1. The molecule has 0 aliphatic carbocycles. The fourth-order valence-electron chi connectivity index (χ4n) is 2.58. The van der Waals surface area contributed by atoms with Crippen LogP contribution in [0.5, 0.6) is 5.75 Å². The molecule has 1 aromatic carbocycles. The molecule has 1 aromatic heterocycles. The monoisotopic (exact) mass is 353 g/mol. The lowest BCUT2D eigenvalue weighted by Crippen LogP contribution is -2.04. The van der Waals surface area contributed by atoms with Crippen molar-refractivity contribution in [3.63, 3.8) is 0 Å². The van der Waals surface area contributed by atoms with Crippen LogP contribution in [0.2, 0.25) is 5.02 Å². The van der Waals surface area contributed by atoms with E-state index in [9.17, 15) is 9.59 Å². The third kappa shape index (κ3) is 4.00. The number of nitrogens with zero attached hydrogens (tertiary/aromatic N) is 1. The molecule has 7 heteroatoms. The second kappa shape index (κ2) is 8.06. The highest BCUT2D eigenvalue weighted by molar-refractivity contribution is 6.37. The van der Waals surface area contributed by atoms with E-state index in [1.165, 1.54) is 0 Å². The lowest BCUT2D eigenvalue weighted by Gasteiger charge is -2.07. The number of esters is 1. The number of aromatic nitrogens is 1. The molecule has 1 heterocycles. The Morgan fingerprint density at radius 2 is 2.04 bits per heavy atom. The van der Waals surface area contributed by atoms with Crippen molar-refractivity contribution in [2.75, 3.05) is 13.7 Å². The molecule has 0 unspecified atom stereocenters. The van der Waals surface area contributed by atoms with Crippen molar-refractivity contribution in [2.24, 2.45) is 0 Å². The predicted molar refractivity (Wildman–Crippen MR) is 90.9 cm³/mol. The second-order valence-corrected chi connectivity index (χ2v) is 5.72. The lowest BCUT2D eigenvalue weighted by atomic mass is 10.1. The molecule has 130 valence electrons. The van der Waals surface area contributed by atoms with E-state index in [1.54, 1.807) is 32.4 Å². The summed E-state index contributed by atoms with van der Waals surface area (Å²) in [6, 6.07) is 3.46. The molecule has 2 aromatic rings. The van der Waals surface area contributed by atoms with Crippen LogP contribution >= 0.6 is 11.6 Å². The van der Waals surface area contributed by atoms with E-state index in [2.05, 4.69) is 0 Å². The van der Waals surface area contributed by atoms with E-state index < -0.39 is 11.9 Å². The number of fused-ring (bicyclic) bond motifs is 1. The topological polar surface area (TPSA) is 77.8 Å². The van der Waals surface area contributed by atoms with E-state index in [-0.39, 0.29) is 13.0 Å². The summed E-state index contributed by atoms with van der Waals surface area (Å²) in [7, 11) is 1.55. The van der Waals surface area contributed by atoms with Crippen molar-refractivity contribution in [2.45, 2.75) is 32.7 Å². The van der Waals surface area contributed by atoms with Crippen LogP contribution in [0.4, 0.5) is 0 Å². The number of hydrogen-bond donors (Lipinski definition) is 1. The Labute approximate surface area is 144 Å². The van der Waals surface area contributed by atoms with E-state index in [0.29, 0.717) is 41.1 Å². The summed E-state index contributed by atoms with van der Waals surface area (Å²) in [6.45, 7) is 2.60. The van der Waals surface area contributed by atoms with Gasteiger partial charge in [0.05, 0.1) is 29.8 Å². The molecule has 0 spiro atoms. The Kier molecular flexibility index (Phi) is 6.09. The summed E-state index contributed by atoms with van der Waals surface area (Å²) < 4.78 is 12.2. The molecule has 0 aliphatic rings. The average Bonchev–Trinajstić information content (AvgIpc) is 2.91. The molecule has 0 radical (unpaired) electrons. The highest BCUT2D eigenvalue weighted by Gasteiger charge is 2.19. The minimum Gasteiger partial charge on any atom is -0.497 e. The van der Waals surface area contributed by atoms with Crippen LogP contribution in [-0.4, -0.2) is 35.3 Å². The number of halogens is 1. The van der Waals surface area contributed by atoms with Crippen molar-refractivity contribution in [1.82, 2.24) is 4.57 Å². The van der Waals surface area contributed by atoms with Gasteiger partial charge in [-0.1, -0.05) is 11.6 Å². The number of carboxylic acid groups (broad SMARTS) is 1. The van der Waals surface area contributed by atoms with Crippen molar-refractivity contribution in [3.05, 3.63) is 28.9 Å². The van der Waals surface area contributed by atoms with Gasteiger partial charge in [-0.2, -0.15) is 0 Å². The molecule has 0 fully saturated rings. The van der Waals surface area contributed by atoms with E-state index in [1.807, 2.05) is 4.57 Å². The zero-order valence-electron chi connectivity index (χ0n) is 13.7. The number of carboxylic acids is 1. The van der Waals surface area contributed by atoms with Crippen molar-refractivity contribution < 1.29 is 24.2 Å². The van der Waals surface area contributed by atoms with E-state index in [4.69, 9.17) is 26.2 Å². The number of unbranched alkanes of at least 4 members (excludes halogenated alkanes) is 1. The Hall–Kier alpha value is -2.21. The van der Waals surface area contributed by atoms with Crippen molar-refractivity contribution in [1.29, 1.82) is 0 Å². The summed E-state index contributed by atoms with van der Waals surface area (Å²) in [6.07, 6.45) is 3.05. The first-order valence-corrected chi connectivity index (χ1v) is 8.11. The number of ether oxygens (including phenoxy) is 2. The fourth-order valence-corrected chi connectivity index (χ4v) is 2.88. The molecule has 0 atom stereocenters. The minimum atomic E-state index is -0.815. The molecular weight excluding hydrogens is 334 g/mol. The van der Waals surface area contributed by atoms with Gasteiger partial charge in [0.25, 0.3) is 0 Å². The molecule has 2 rings (SSSR count). The Morgan fingerprint density at radius 3 is 2.67 bits per heavy atom. The normalized spacial score (nSPS) is 10.8. The smallest absolute Gasteiger partial charge is 0.340 e. The summed E-state index contributed by atoms with van der Waals surface area (Å²) in [5.74, 6) is -0.657. The molecule has 24 heavy (non-hydrogen) atoms. The standard InChI is InChI=1S/C17H20ClNO5/c1-3-24-17(22)12-10-19(7-5-4-6-15(20)21)14-9-11(23-2)8-13(18)16(12)14/h8-10H,3-7H2,1-2H3,(H,20,21). The molecular formula is C17H20ClNO5. The summed E-state index contributed by atoms with van der Waals surface area (Å²) in [5.41, 5.74) is 1.16. The zero-order chi connectivity index (χ0) is 17.7. The zero-order valence-corrected chi connectivity index (χ0v) is 14.4. The van der Waals surface area contributed by atoms with Gasteiger partial charge in [-0.25, -0.2) is 4.79 Å². The molecule has 0 saturated carbocycles. The van der Waals surface area contributed by atoms with Gasteiger partial charge in [0.15, 0.2) is 0 Å². The fraction of sp³-hybridized carbons (Fsp3) is 0.412. The lowest BCUT2D eigenvalue weighted by molar-refractivity contribution is -0.137. The van der Waals surface area contributed by atoms with Crippen LogP contribution in [0.1, 0.15) is 36.5 Å². The quantitative estimate of drug-likeness (QED) is 0.578. The molecule has 0 amide bonds. The number of aliphatic carboxylic acids is 1. The summed E-state index contributed by atoms with van der Waals surface area (Å²) >= 11 is 6.33. The van der Waals surface area contributed by atoms with Gasteiger partial charge >= 0.3 is 11.9 Å². The SMILES string of the molecule is CCOC(=O)c1cn(CCCCC(=O)O)c2cc(OC)cc(Cl)c12. The van der Waals surface area contributed by atoms with Gasteiger partial charge in [0.1, 0.15) is 5.75 Å². The van der Waals surface area contributed by atoms with Gasteiger partial charge < -0.3 is 19.1 Å². The Balaban J connectivity index is 2.39. The number of benzene rings is 1. The first kappa shape index (κ1) is 18.1. The average molecular weight is 354 g/mol. The molecule has 6 nitrogen and oxygen atoms in total.